The van der Waals surface area contributed by atoms with Gasteiger partial charge in [0.25, 0.3) is 0 Å². The van der Waals surface area contributed by atoms with Crippen LogP contribution < -0.4 is 19.9 Å². The minimum atomic E-state index is -0.586. The van der Waals surface area contributed by atoms with Crippen molar-refractivity contribution >= 4 is 29.6 Å². The number of hydrogen-bond acceptors (Lipinski definition) is 7. The second-order valence-electron chi connectivity index (χ2n) is 9.28. The molecule has 3 heterocycles. The van der Waals surface area contributed by atoms with Crippen LogP contribution in [0.15, 0.2) is 66.9 Å². The lowest BCUT2D eigenvalue weighted by molar-refractivity contribution is -0.119. The molecular formula is C28H28FN5O5. The molecule has 2 fully saturated rings. The molecule has 2 aliphatic rings. The first-order valence-corrected chi connectivity index (χ1v) is 12.6. The third-order valence-electron chi connectivity index (χ3n) is 6.59. The molecule has 0 spiro atoms. The second kappa shape index (κ2) is 11.4. The molecule has 39 heavy (non-hydrogen) atoms. The zero-order valence-electron chi connectivity index (χ0n) is 21.4. The van der Waals surface area contributed by atoms with Gasteiger partial charge in [-0.3, -0.25) is 9.69 Å². The number of rotatable bonds is 6. The van der Waals surface area contributed by atoms with Gasteiger partial charge in [0.05, 0.1) is 18.8 Å². The number of cyclic esters (lactones) is 1. The lowest BCUT2D eigenvalue weighted by Gasteiger charge is -2.34. The molecule has 3 aromatic rings. The number of carbonyl (C=O) groups excluding carboxylic acids is 3. The first-order chi connectivity index (χ1) is 18.9. The number of amides is 3. The fourth-order valence-corrected chi connectivity index (χ4v) is 4.51. The largest absolute Gasteiger partial charge is 0.442 e. The Hall–Kier alpha value is -4.67. The number of carbonyl (C=O) groups is 3. The van der Waals surface area contributed by atoms with Gasteiger partial charge >= 0.3 is 12.2 Å². The molecule has 2 saturated heterocycles. The summed E-state index contributed by atoms with van der Waals surface area (Å²) in [5.41, 5.74) is 1.33. The first-order valence-electron chi connectivity index (χ1n) is 12.6. The highest BCUT2D eigenvalue weighted by Crippen LogP contribution is 2.29. The number of aromatic nitrogens is 1. The van der Waals surface area contributed by atoms with E-state index in [4.69, 9.17) is 9.47 Å². The summed E-state index contributed by atoms with van der Waals surface area (Å²) in [6, 6.07) is 17.1. The smallest absolute Gasteiger partial charge is 0.415 e. The molecule has 3 amide bonds. The number of ether oxygens (including phenoxy) is 2. The molecular weight excluding hydrogens is 505 g/mol. The molecule has 0 unspecified atom stereocenters. The molecule has 0 radical (unpaired) electrons. The zero-order valence-corrected chi connectivity index (χ0v) is 21.4. The molecule has 1 atom stereocenters. The van der Waals surface area contributed by atoms with Crippen molar-refractivity contribution in [1.29, 1.82) is 0 Å². The average Bonchev–Trinajstić information content (AvgIpc) is 3.33. The molecule has 0 saturated carbocycles. The third kappa shape index (κ3) is 6.08. The van der Waals surface area contributed by atoms with Gasteiger partial charge in [-0.2, -0.15) is 0 Å². The summed E-state index contributed by atoms with van der Waals surface area (Å²) in [6.45, 7) is 3.97. The topological polar surface area (TPSA) is 104 Å². The number of hydrogen-bond donors (Lipinski definition) is 1. The van der Waals surface area contributed by atoms with Gasteiger partial charge in [0.1, 0.15) is 23.5 Å². The number of anilines is 2. The first kappa shape index (κ1) is 26.0. The van der Waals surface area contributed by atoms with Gasteiger partial charge in [0, 0.05) is 50.4 Å². The minimum Gasteiger partial charge on any atom is -0.442 e. The Balaban J connectivity index is 1.18. The van der Waals surface area contributed by atoms with Crippen LogP contribution in [0.5, 0.6) is 5.75 Å². The Kier molecular flexibility index (Phi) is 7.57. The van der Waals surface area contributed by atoms with Crippen molar-refractivity contribution in [3.63, 3.8) is 0 Å². The predicted octanol–water partition coefficient (Wildman–Crippen LogP) is 3.67. The average molecular weight is 534 g/mol. The molecule has 1 N–H and O–H groups in total. The van der Waals surface area contributed by atoms with Crippen molar-refractivity contribution in [2.24, 2.45) is 0 Å². The van der Waals surface area contributed by atoms with Crippen molar-refractivity contribution in [2.45, 2.75) is 13.0 Å². The van der Waals surface area contributed by atoms with Crippen molar-refractivity contribution in [1.82, 2.24) is 15.2 Å². The quantitative estimate of drug-likeness (QED) is 0.516. The molecule has 202 valence electrons. The summed E-state index contributed by atoms with van der Waals surface area (Å²) in [5, 5.41) is 2.62. The van der Waals surface area contributed by atoms with Crippen LogP contribution in [0.2, 0.25) is 0 Å². The van der Waals surface area contributed by atoms with Crippen LogP contribution in [0, 0.1) is 5.82 Å². The van der Waals surface area contributed by atoms with Gasteiger partial charge in [0.15, 0.2) is 0 Å². The summed E-state index contributed by atoms with van der Waals surface area (Å²) in [5.74, 6) is 0.530. The molecule has 2 aromatic carbocycles. The maximum atomic E-state index is 15.1. The van der Waals surface area contributed by atoms with E-state index in [1.807, 2.05) is 24.3 Å². The minimum absolute atomic E-state index is 0.197. The van der Waals surface area contributed by atoms with Crippen molar-refractivity contribution in [3.8, 4) is 16.9 Å². The number of benzene rings is 2. The van der Waals surface area contributed by atoms with E-state index < -0.39 is 18.0 Å². The SMILES string of the molecule is CC(=O)NC[C@H]1CN(c2ccc(-c3ccc(N4CCN(C(=O)Oc5ccccc5)CC4)nc3)c(F)c2)C(=O)O1. The highest BCUT2D eigenvalue weighted by molar-refractivity contribution is 5.90. The van der Waals surface area contributed by atoms with Gasteiger partial charge in [-0.25, -0.2) is 19.0 Å². The number of nitrogens with zero attached hydrogens (tertiary/aromatic N) is 4. The van der Waals surface area contributed by atoms with E-state index >= 15 is 4.39 Å². The van der Waals surface area contributed by atoms with E-state index in [-0.39, 0.29) is 25.1 Å². The summed E-state index contributed by atoms with van der Waals surface area (Å²) >= 11 is 0. The van der Waals surface area contributed by atoms with E-state index in [0.29, 0.717) is 48.7 Å². The van der Waals surface area contributed by atoms with Crippen molar-refractivity contribution < 1.29 is 28.2 Å². The van der Waals surface area contributed by atoms with Gasteiger partial charge in [-0.1, -0.05) is 18.2 Å². The maximum absolute atomic E-state index is 15.1. The Morgan fingerprint density at radius 1 is 1.08 bits per heavy atom. The highest BCUT2D eigenvalue weighted by Gasteiger charge is 2.33. The predicted molar refractivity (Wildman–Crippen MR) is 142 cm³/mol. The van der Waals surface area contributed by atoms with Crippen LogP contribution >= 0.6 is 0 Å². The third-order valence-corrected chi connectivity index (χ3v) is 6.59. The van der Waals surface area contributed by atoms with E-state index in [2.05, 4.69) is 15.2 Å². The summed E-state index contributed by atoms with van der Waals surface area (Å²) in [6.07, 6.45) is 0.138. The number of para-hydroxylation sites is 1. The molecule has 10 nitrogen and oxygen atoms in total. The number of pyridine rings is 1. The van der Waals surface area contributed by atoms with Crippen LogP contribution in [0.3, 0.4) is 0 Å². The molecule has 1 aromatic heterocycles. The molecule has 5 rings (SSSR count). The van der Waals surface area contributed by atoms with E-state index in [0.717, 1.165) is 5.82 Å². The Bertz CT molecular complexity index is 1350. The maximum Gasteiger partial charge on any atom is 0.415 e. The second-order valence-corrected chi connectivity index (χ2v) is 9.28. The number of piperazine rings is 1. The Morgan fingerprint density at radius 2 is 1.85 bits per heavy atom. The fraction of sp³-hybridized carbons (Fsp3) is 0.286. The van der Waals surface area contributed by atoms with E-state index in [1.54, 1.807) is 41.4 Å². The Morgan fingerprint density at radius 3 is 2.51 bits per heavy atom. The normalized spacial score (nSPS) is 17.1. The van der Waals surface area contributed by atoms with Crippen molar-refractivity contribution in [2.75, 3.05) is 49.1 Å². The van der Waals surface area contributed by atoms with Crippen LogP contribution in [-0.2, 0) is 9.53 Å². The summed E-state index contributed by atoms with van der Waals surface area (Å²) in [7, 11) is 0. The number of nitrogens with one attached hydrogen (secondary N) is 1. The van der Waals surface area contributed by atoms with Gasteiger partial charge in [0.2, 0.25) is 5.91 Å². The molecule has 2 aliphatic heterocycles. The van der Waals surface area contributed by atoms with E-state index in [1.165, 1.54) is 17.9 Å². The van der Waals surface area contributed by atoms with E-state index in [9.17, 15) is 14.4 Å². The van der Waals surface area contributed by atoms with Crippen LogP contribution in [0.25, 0.3) is 11.1 Å². The lowest BCUT2D eigenvalue weighted by Crippen LogP contribution is -2.49. The highest BCUT2D eigenvalue weighted by atomic mass is 19.1. The van der Waals surface area contributed by atoms with Gasteiger partial charge in [-0.05, 0) is 42.5 Å². The van der Waals surface area contributed by atoms with Gasteiger partial charge < -0.3 is 24.6 Å². The molecule has 0 aliphatic carbocycles. The molecule has 0 bridgehead atoms. The van der Waals surface area contributed by atoms with Crippen LogP contribution in [0.1, 0.15) is 6.92 Å². The van der Waals surface area contributed by atoms with Crippen LogP contribution in [0.4, 0.5) is 25.5 Å². The fourth-order valence-electron chi connectivity index (χ4n) is 4.51. The number of halogens is 1. The van der Waals surface area contributed by atoms with Crippen molar-refractivity contribution in [3.05, 3.63) is 72.7 Å². The lowest BCUT2D eigenvalue weighted by atomic mass is 10.1. The molecule has 11 heteroatoms. The summed E-state index contributed by atoms with van der Waals surface area (Å²) < 4.78 is 25.7. The Labute approximate surface area is 224 Å². The zero-order chi connectivity index (χ0) is 27.4. The van der Waals surface area contributed by atoms with Gasteiger partial charge in [-0.15, -0.1) is 0 Å². The summed E-state index contributed by atoms with van der Waals surface area (Å²) in [4.78, 5) is 45.4. The standard InChI is InChI=1S/C28H28FN5O5/c1-19(35)30-17-23-18-34(28(37)39-23)21-8-9-24(25(29)15-21)20-7-10-26(31-16-20)32-11-13-33(14-12-32)27(36)38-22-5-3-2-4-6-22/h2-10,15-16,23H,11-14,17-18H2,1H3,(H,30,35)/t23-/m0/s1. The van der Waals surface area contributed by atoms with Crippen LogP contribution in [-0.4, -0.2) is 73.4 Å². The monoisotopic (exact) mass is 533 g/mol.